The van der Waals surface area contributed by atoms with Crippen molar-refractivity contribution in [2.75, 3.05) is 20.8 Å². The van der Waals surface area contributed by atoms with Crippen molar-refractivity contribution in [3.8, 4) is 0 Å². The number of nitrogens with one attached hydrogen (secondary N) is 1. The third-order valence-corrected chi connectivity index (χ3v) is 3.49. The summed E-state index contributed by atoms with van der Waals surface area (Å²) in [6.07, 6.45) is 6.85. The Bertz CT molecular complexity index is 154. The molecule has 3 heteroatoms. The highest BCUT2D eigenvalue weighted by Crippen LogP contribution is 2.26. The first-order valence-corrected chi connectivity index (χ1v) is 6.07. The van der Waals surface area contributed by atoms with Crippen LogP contribution in [0.4, 0.5) is 0 Å². The molecule has 0 unspecified atom stereocenters. The van der Waals surface area contributed by atoms with Crippen molar-refractivity contribution in [3.63, 3.8) is 0 Å². The number of hydrogen-bond acceptors (Lipinski definition) is 3. The molecule has 1 fully saturated rings. The fraction of sp³-hybridized carbons (Fsp3) is 1.00. The Balaban J connectivity index is 2.18. The SMILES string of the molecule is COC(CN[C@H](C)C1CCCCC1)OC. The van der Waals surface area contributed by atoms with Crippen LogP contribution in [0.3, 0.4) is 0 Å². The quantitative estimate of drug-likeness (QED) is 0.689. The van der Waals surface area contributed by atoms with Gasteiger partial charge in [0, 0.05) is 26.8 Å². The Hall–Kier alpha value is -0.120. The van der Waals surface area contributed by atoms with Crippen LogP contribution in [0.1, 0.15) is 39.0 Å². The van der Waals surface area contributed by atoms with Crippen LogP contribution in [-0.4, -0.2) is 33.1 Å². The fourth-order valence-electron chi connectivity index (χ4n) is 2.35. The zero-order valence-corrected chi connectivity index (χ0v) is 10.3. The van der Waals surface area contributed by atoms with Crippen LogP contribution in [0, 0.1) is 5.92 Å². The molecule has 1 N–H and O–H groups in total. The molecule has 0 aromatic rings. The Morgan fingerprint density at radius 1 is 1.13 bits per heavy atom. The molecule has 0 spiro atoms. The topological polar surface area (TPSA) is 30.5 Å². The second kappa shape index (κ2) is 7.20. The normalized spacial score (nSPS) is 20.8. The highest BCUT2D eigenvalue weighted by molar-refractivity contribution is 4.76. The van der Waals surface area contributed by atoms with Gasteiger partial charge in [-0.15, -0.1) is 0 Å². The number of hydrogen-bond donors (Lipinski definition) is 1. The molecule has 0 heterocycles. The lowest BCUT2D eigenvalue weighted by Crippen LogP contribution is -2.40. The summed E-state index contributed by atoms with van der Waals surface area (Å²) >= 11 is 0. The molecule has 1 aliphatic rings. The van der Waals surface area contributed by atoms with E-state index in [9.17, 15) is 0 Å². The Morgan fingerprint density at radius 3 is 2.27 bits per heavy atom. The summed E-state index contributed by atoms with van der Waals surface area (Å²) in [5.74, 6) is 0.841. The monoisotopic (exact) mass is 215 g/mol. The average Bonchev–Trinajstić information content (AvgIpc) is 2.31. The van der Waals surface area contributed by atoms with Crippen molar-refractivity contribution in [2.24, 2.45) is 5.92 Å². The van der Waals surface area contributed by atoms with E-state index < -0.39 is 0 Å². The standard InChI is InChI=1S/C12H25NO2/c1-10(11-7-5-4-6-8-11)13-9-12(14-2)15-3/h10-13H,4-9H2,1-3H3/t10-/m1/s1. The van der Waals surface area contributed by atoms with Gasteiger partial charge in [0.05, 0.1) is 0 Å². The Morgan fingerprint density at radius 2 is 1.73 bits per heavy atom. The summed E-state index contributed by atoms with van der Waals surface area (Å²) in [6, 6.07) is 0.582. The summed E-state index contributed by atoms with van der Waals surface area (Å²) in [6.45, 7) is 3.06. The maximum atomic E-state index is 5.15. The van der Waals surface area contributed by atoms with Gasteiger partial charge < -0.3 is 14.8 Å². The second-order valence-corrected chi connectivity index (χ2v) is 4.50. The lowest BCUT2D eigenvalue weighted by atomic mass is 9.84. The van der Waals surface area contributed by atoms with Crippen LogP contribution in [0.15, 0.2) is 0 Å². The largest absolute Gasteiger partial charge is 0.355 e. The van der Waals surface area contributed by atoms with Gasteiger partial charge in [0.2, 0.25) is 0 Å². The molecule has 0 radical (unpaired) electrons. The highest BCUT2D eigenvalue weighted by atomic mass is 16.7. The van der Waals surface area contributed by atoms with E-state index >= 15 is 0 Å². The predicted octanol–water partition coefficient (Wildman–Crippen LogP) is 2.16. The minimum Gasteiger partial charge on any atom is -0.355 e. The van der Waals surface area contributed by atoms with Crippen LogP contribution < -0.4 is 5.32 Å². The van der Waals surface area contributed by atoms with E-state index in [1.807, 2.05) is 0 Å². The molecule has 1 rings (SSSR count). The van der Waals surface area contributed by atoms with E-state index in [1.165, 1.54) is 32.1 Å². The number of ether oxygens (including phenoxy) is 2. The molecule has 0 amide bonds. The summed E-state index contributed by atoms with van der Waals surface area (Å²) in [5.41, 5.74) is 0. The van der Waals surface area contributed by atoms with E-state index in [1.54, 1.807) is 14.2 Å². The van der Waals surface area contributed by atoms with Gasteiger partial charge in [0.25, 0.3) is 0 Å². The van der Waals surface area contributed by atoms with Crippen LogP contribution in [0.5, 0.6) is 0 Å². The van der Waals surface area contributed by atoms with Gasteiger partial charge in [-0.25, -0.2) is 0 Å². The minimum atomic E-state index is -0.115. The molecule has 0 saturated heterocycles. The van der Waals surface area contributed by atoms with Crippen molar-refractivity contribution < 1.29 is 9.47 Å². The summed E-state index contributed by atoms with van der Waals surface area (Å²) in [4.78, 5) is 0. The predicted molar refractivity (Wildman–Crippen MR) is 61.8 cm³/mol. The highest BCUT2D eigenvalue weighted by Gasteiger charge is 2.20. The van der Waals surface area contributed by atoms with Crippen molar-refractivity contribution in [3.05, 3.63) is 0 Å². The first kappa shape index (κ1) is 12.9. The molecule has 3 nitrogen and oxygen atoms in total. The average molecular weight is 215 g/mol. The summed E-state index contributed by atoms with van der Waals surface area (Å²) in [7, 11) is 3.36. The number of methoxy groups -OCH3 is 2. The van der Waals surface area contributed by atoms with Crippen molar-refractivity contribution >= 4 is 0 Å². The molecule has 0 bridgehead atoms. The first-order chi connectivity index (χ1) is 7.27. The lowest BCUT2D eigenvalue weighted by molar-refractivity contribution is -0.100. The fourth-order valence-corrected chi connectivity index (χ4v) is 2.35. The summed E-state index contributed by atoms with van der Waals surface area (Å²) < 4.78 is 10.3. The molecule has 1 saturated carbocycles. The van der Waals surface area contributed by atoms with Crippen molar-refractivity contribution in [1.82, 2.24) is 5.32 Å². The third kappa shape index (κ3) is 4.49. The maximum absolute atomic E-state index is 5.15. The van der Waals surface area contributed by atoms with E-state index in [4.69, 9.17) is 9.47 Å². The smallest absolute Gasteiger partial charge is 0.169 e. The van der Waals surface area contributed by atoms with Crippen LogP contribution in [0.2, 0.25) is 0 Å². The molecule has 1 atom stereocenters. The van der Waals surface area contributed by atoms with Gasteiger partial charge in [-0.2, -0.15) is 0 Å². The lowest BCUT2D eigenvalue weighted by Gasteiger charge is -2.29. The second-order valence-electron chi connectivity index (χ2n) is 4.50. The van der Waals surface area contributed by atoms with Gasteiger partial charge in [-0.1, -0.05) is 19.3 Å². The van der Waals surface area contributed by atoms with Gasteiger partial charge in [-0.05, 0) is 25.7 Å². The van der Waals surface area contributed by atoms with Gasteiger partial charge in [0.15, 0.2) is 6.29 Å². The molecule has 0 aliphatic heterocycles. The van der Waals surface area contributed by atoms with E-state index in [2.05, 4.69) is 12.2 Å². The van der Waals surface area contributed by atoms with Gasteiger partial charge in [-0.3, -0.25) is 0 Å². The van der Waals surface area contributed by atoms with Crippen LogP contribution >= 0.6 is 0 Å². The molecule has 15 heavy (non-hydrogen) atoms. The molecular weight excluding hydrogens is 190 g/mol. The Kier molecular flexibility index (Phi) is 6.22. The van der Waals surface area contributed by atoms with E-state index in [0.717, 1.165) is 12.5 Å². The molecule has 90 valence electrons. The molecule has 0 aromatic heterocycles. The molecule has 1 aliphatic carbocycles. The van der Waals surface area contributed by atoms with Crippen molar-refractivity contribution in [1.29, 1.82) is 0 Å². The van der Waals surface area contributed by atoms with E-state index in [0.29, 0.717) is 6.04 Å². The van der Waals surface area contributed by atoms with Gasteiger partial charge >= 0.3 is 0 Å². The maximum Gasteiger partial charge on any atom is 0.169 e. The zero-order chi connectivity index (χ0) is 11.1. The Labute approximate surface area is 93.5 Å². The minimum absolute atomic E-state index is 0.115. The molecular formula is C12H25NO2. The van der Waals surface area contributed by atoms with Crippen molar-refractivity contribution in [2.45, 2.75) is 51.4 Å². The van der Waals surface area contributed by atoms with Crippen LogP contribution in [-0.2, 0) is 9.47 Å². The van der Waals surface area contributed by atoms with E-state index in [-0.39, 0.29) is 6.29 Å². The van der Waals surface area contributed by atoms with Crippen LogP contribution in [0.25, 0.3) is 0 Å². The zero-order valence-electron chi connectivity index (χ0n) is 10.3. The van der Waals surface area contributed by atoms with Gasteiger partial charge in [0.1, 0.15) is 0 Å². The first-order valence-electron chi connectivity index (χ1n) is 6.07. The summed E-state index contributed by atoms with van der Waals surface area (Å²) in [5, 5.41) is 3.50. The number of rotatable bonds is 6. The molecule has 0 aromatic carbocycles. The third-order valence-electron chi connectivity index (χ3n) is 3.49.